The van der Waals surface area contributed by atoms with Gasteiger partial charge in [-0.05, 0) is 50.3 Å². The predicted molar refractivity (Wildman–Crippen MR) is 91.4 cm³/mol. The molecule has 0 spiro atoms. The minimum absolute atomic E-state index is 0.271. The summed E-state index contributed by atoms with van der Waals surface area (Å²) in [4.78, 5) is 16.7. The summed E-state index contributed by atoms with van der Waals surface area (Å²) < 4.78 is 4.75. The zero-order valence-corrected chi connectivity index (χ0v) is 14.5. The van der Waals surface area contributed by atoms with Crippen LogP contribution in [-0.2, 0) is 11.3 Å². The minimum atomic E-state index is -0.271. The van der Waals surface area contributed by atoms with E-state index in [1.807, 2.05) is 24.3 Å². The smallest absolute Gasteiger partial charge is 0.337 e. The molecule has 1 aromatic carbocycles. The number of carbonyl (C=O) groups excluding carboxylic acids is 1. The molecule has 1 aliphatic carbocycles. The van der Waals surface area contributed by atoms with Gasteiger partial charge in [-0.2, -0.15) is 0 Å². The summed E-state index contributed by atoms with van der Waals surface area (Å²) in [6.07, 6.45) is 2.85. The molecule has 0 aromatic heterocycles. The minimum Gasteiger partial charge on any atom is -0.465 e. The zero-order valence-electron chi connectivity index (χ0n) is 14.5. The largest absolute Gasteiger partial charge is 0.465 e. The first-order valence-electron chi connectivity index (χ1n) is 8.72. The Balaban J connectivity index is 1.57. The van der Waals surface area contributed by atoms with Crippen LogP contribution in [-0.4, -0.2) is 54.6 Å². The number of nitrogens with zero attached hydrogens (tertiary/aromatic N) is 2. The van der Waals surface area contributed by atoms with Crippen LogP contribution in [0.1, 0.15) is 42.6 Å². The molecule has 2 fully saturated rings. The van der Waals surface area contributed by atoms with Gasteiger partial charge in [0.25, 0.3) is 0 Å². The first kappa shape index (κ1) is 16.5. The van der Waals surface area contributed by atoms with E-state index < -0.39 is 0 Å². The molecule has 2 aliphatic rings. The Labute approximate surface area is 139 Å². The van der Waals surface area contributed by atoms with Crippen molar-refractivity contribution >= 4 is 5.97 Å². The van der Waals surface area contributed by atoms with E-state index in [1.54, 1.807) is 0 Å². The number of piperazine rings is 1. The van der Waals surface area contributed by atoms with Crippen molar-refractivity contribution < 1.29 is 9.53 Å². The molecule has 1 heterocycles. The molecule has 0 N–H and O–H groups in total. The highest BCUT2D eigenvalue weighted by molar-refractivity contribution is 5.89. The lowest BCUT2D eigenvalue weighted by atomic mass is 10.1. The normalized spacial score (nSPS) is 26.2. The van der Waals surface area contributed by atoms with Crippen molar-refractivity contribution in [2.45, 2.75) is 45.3 Å². The second-order valence-corrected chi connectivity index (χ2v) is 7.22. The van der Waals surface area contributed by atoms with E-state index >= 15 is 0 Å². The molecule has 126 valence electrons. The van der Waals surface area contributed by atoms with Gasteiger partial charge in [0.2, 0.25) is 0 Å². The van der Waals surface area contributed by atoms with E-state index in [1.165, 1.54) is 32.1 Å². The molecule has 0 bridgehead atoms. The molecule has 0 radical (unpaired) electrons. The van der Waals surface area contributed by atoms with Crippen LogP contribution in [0, 0.1) is 5.92 Å². The van der Waals surface area contributed by atoms with Crippen LogP contribution < -0.4 is 0 Å². The number of esters is 1. The maximum absolute atomic E-state index is 11.5. The Morgan fingerprint density at radius 2 is 1.74 bits per heavy atom. The molecule has 4 heteroatoms. The highest BCUT2D eigenvalue weighted by Crippen LogP contribution is 2.32. The number of rotatable bonds is 5. The van der Waals surface area contributed by atoms with Crippen LogP contribution >= 0.6 is 0 Å². The van der Waals surface area contributed by atoms with E-state index in [-0.39, 0.29) is 5.97 Å². The fourth-order valence-electron chi connectivity index (χ4n) is 3.68. The second-order valence-electron chi connectivity index (χ2n) is 7.22. The highest BCUT2D eigenvalue weighted by atomic mass is 16.5. The summed E-state index contributed by atoms with van der Waals surface area (Å²) in [5.41, 5.74) is 1.87. The Kier molecular flexibility index (Phi) is 5.02. The third-order valence-electron chi connectivity index (χ3n) is 5.12. The summed E-state index contributed by atoms with van der Waals surface area (Å²) >= 11 is 0. The number of methoxy groups -OCH3 is 1. The topological polar surface area (TPSA) is 32.8 Å². The molecule has 1 aromatic rings. The van der Waals surface area contributed by atoms with Gasteiger partial charge in [-0.25, -0.2) is 4.79 Å². The van der Waals surface area contributed by atoms with Crippen LogP contribution in [0.15, 0.2) is 24.3 Å². The summed E-state index contributed by atoms with van der Waals surface area (Å²) in [7, 11) is 1.42. The van der Waals surface area contributed by atoms with Gasteiger partial charge in [-0.15, -0.1) is 0 Å². The third-order valence-corrected chi connectivity index (χ3v) is 5.12. The van der Waals surface area contributed by atoms with Crippen LogP contribution in [0.25, 0.3) is 0 Å². The van der Waals surface area contributed by atoms with E-state index in [4.69, 9.17) is 4.74 Å². The molecule has 2 atom stereocenters. The fraction of sp³-hybridized carbons (Fsp3) is 0.632. The maximum Gasteiger partial charge on any atom is 0.337 e. The van der Waals surface area contributed by atoms with E-state index in [0.717, 1.165) is 25.6 Å². The average molecular weight is 316 g/mol. The second kappa shape index (κ2) is 7.02. The highest BCUT2D eigenvalue weighted by Gasteiger charge is 2.33. The summed E-state index contributed by atoms with van der Waals surface area (Å²) in [6.45, 7) is 9.18. The average Bonchev–Trinajstić information content (AvgIpc) is 3.35. The Morgan fingerprint density at radius 3 is 2.26 bits per heavy atom. The lowest BCUT2D eigenvalue weighted by Gasteiger charge is -2.44. The van der Waals surface area contributed by atoms with Crippen LogP contribution in [0.5, 0.6) is 0 Å². The molecule has 0 amide bonds. The molecule has 4 nitrogen and oxygen atoms in total. The van der Waals surface area contributed by atoms with Gasteiger partial charge in [0.15, 0.2) is 0 Å². The predicted octanol–water partition coefficient (Wildman–Crippen LogP) is 2.78. The molecular formula is C19H28N2O2. The van der Waals surface area contributed by atoms with Gasteiger partial charge >= 0.3 is 5.97 Å². The quantitative estimate of drug-likeness (QED) is 0.782. The Bertz CT molecular complexity index is 527. The lowest BCUT2D eigenvalue weighted by molar-refractivity contribution is 0.0317. The molecule has 3 rings (SSSR count). The Hall–Kier alpha value is -1.39. The number of benzene rings is 1. The number of hydrogen-bond acceptors (Lipinski definition) is 4. The summed E-state index contributed by atoms with van der Waals surface area (Å²) in [6, 6.07) is 9.03. The van der Waals surface area contributed by atoms with Gasteiger partial charge in [-0.1, -0.05) is 12.1 Å². The van der Waals surface area contributed by atoms with Crippen molar-refractivity contribution in [3.8, 4) is 0 Å². The maximum atomic E-state index is 11.5. The van der Waals surface area contributed by atoms with Gasteiger partial charge in [0, 0.05) is 38.3 Å². The van der Waals surface area contributed by atoms with Crippen molar-refractivity contribution in [3.05, 3.63) is 35.4 Å². The summed E-state index contributed by atoms with van der Waals surface area (Å²) in [5.74, 6) is 0.685. The lowest BCUT2D eigenvalue weighted by Crippen LogP contribution is -2.56. The van der Waals surface area contributed by atoms with Gasteiger partial charge in [-0.3, -0.25) is 9.80 Å². The SMILES string of the molecule is COC(=O)c1ccc(CN2C[C@@H](C)N(CC3CC3)[C@@H](C)C2)cc1. The number of carbonyl (C=O) groups is 1. The molecular weight excluding hydrogens is 288 g/mol. The van der Waals surface area contributed by atoms with E-state index in [0.29, 0.717) is 17.6 Å². The fourth-order valence-corrected chi connectivity index (χ4v) is 3.68. The summed E-state index contributed by atoms with van der Waals surface area (Å²) in [5, 5.41) is 0. The van der Waals surface area contributed by atoms with Crippen LogP contribution in [0.3, 0.4) is 0 Å². The van der Waals surface area contributed by atoms with E-state index in [9.17, 15) is 4.79 Å². The van der Waals surface area contributed by atoms with Crippen molar-refractivity contribution in [1.82, 2.24) is 9.80 Å². The van der Waals surface area contributed by atoms with Crippen LogP contribution in [0.2, 0.25) is 0 Å². The number of hydrogen-bond donors (Lipinski definition) is 0. The van der Waals surface area contributed by atoms with Crippen LogP contribution in [0.4, 0.5) is 0 Å². The van der Waals surface area contributed by atoms with Crippen molar-refractivity contribution in [2.24, 2.45) is 5.92 Å². The monoisotopic (exact) mass is 316 g/mol. The standard InChI is InChI=1S/C19H28N2O2/c1-14-10-20(11-15(2)21(14)13-17-4-5-17)12-16-6-8-18(9-7-16)19(22)23-3/h6-9,14-15,17H,4-5,10-13H2,1-3H3/t14-,15+. The molecule has 1 saturated heterocycles. The number of ether oxygens (including phenoxy) is 1. The van der Waals surface area contributed by atoms with Crippen molar-refractivity contribution in [2.75, 3.05) is 26.7 Å². The first-order valence-corrected chi connectivity index (χ1v) is 8.72. The zero-order chi connectivity index (χ0) is 16.4. The molecule has 23 heavy (non-hydrogen) atoms. The van der Waals surface area contributed by atoms with Gasteiger partial charge < -0.3 is 4.74 Å². The Morgan fingerprint density at radius 1 is 1.13 bits per heavy atom. The van der Waals surface area contributed by atoms with Crippen molar-refractivity contribution in [1.29, 1.82) is 0 Å². The van der Waals surface area contributed by atoms with E-state index in [2.05, 4.69) is 23.6 Å². The molecule has 0 unspecified atom stereocenters. The first-order chi connectivity index (χ1) is 11.1. The van der Waals surface area contributed by atoms with Gasteiger partial charge in [0.05, 0.1) is 12.7 Å². The van der Waals surface area contributed by atoms with Gasteiger partial charge in [0.1, 0.15) is 0 Å². The third kappa shape index (κ3) is 4.12. The molecule has 1 saturated carbocycles. The molecule has 1 aliphatic heterocycles. The van der Waals surface area contributed by atoms with Crippen molar-refractivity contribution in [3.63, 3.8) is 0 Å².